The van der Waals surface area contributed by atoms with Gasteiger partial charge in [-0.3, -0.25) is 19.7 Å². The number of fused-ring (bicyclic) bond motifs is 1. The Bertz CT molecular complexity index is 1060. The minimum atomic E-state index is -0.678. The number of ether oxygens (including phenoxy) is 4. The Hall–Kier alpha value is -4.02. The number of carbonyl (C=O) groups excluding carboxylic acids is 2. The largest absolute Gasteiger partial charge is 0.493 e. The summed E-state index contributed by atoms with van der Waals surface area (Å²) in [5.41, 5.74) is -0.161. The van der Waals surface area contributed by atoms with Gasteiger partial charge in [-0.05, 0) is 26.0 Å². The Labute approximate surface area is 190 Å². The number of hydrogen-bond donors (Lipinski definition) is 1. The lowest BCUT2D eigenvalue weighted by molar-refractivity contribution is -0.385. The van der Waals surface area contributed by atoms with E-state index < -0.39 is 22.4 Å². The lowest BCUT2D eigenvalue weighted by atomic mass is 10.1. The van der Waals surface area contributed by atoms with Crippen LogP contribution in [0, 0.1) is 10.1 Å². The summed E-state index contributed by atoms with van der Waals surface area (Å²) >= 11 is 0. The SMILES string of the molecule is CCOc1cc([N+](=O)[O-])c(C(=O)N(CC)CC(=O)Nc2ccc3c(c2)OCCO3)cc1OC. The molecule has 0 bridgehead atoms. The second kappa shape index (κ2) is 10.5. The number of benzene rings is 2. The molecule has 176 valence electrons. The number of hydrogen-bond acceptors (Lipinski definition) is 8. The molecule has 0 aliphatic carbocycles. The van der Waals surface area contributed by atoms with Gasteiger partial charge in [-0.25, -0.2) is 0 Å². The number of rotatable bonds is 9. The summed E-state index contributed by atoms with van der Waals surface area (Å²) in [6.07, 6.45) is 0. The normalized spacial score (nSPS) is 12.0. The van der Waals surface area contributed by atoms with Crippen LogP contribution in [0.2, 0.25) is 0 Å². The van der Waals surface area contributed by atoms with Gasteiger partial charge in [0.2, 0.25) is 5.91 Å². The maximum atomic E-state index is 13.1. The third-order valence-corrected chi connectivity index (χ3v) is 4.84. The number of carbonyl (C=O) groups is 2. The molecule has 2 aromatic rings. The van der Waals surface area contributed by atoms with E-state index in [4.69, 9.17) is 18.9 Å². The molecule has 11 nitrogen and oxygen atoms in total. The Kier molecular flexibility index (Phi) is 7.54. The van der Waals surface area contributed by atoms with Crippen molar-refractivity contribution in [2.45, 2.75) is 13.8 Å². The third-order valence-electron chi connectivity index (χ3n) is 4.84. The van der Waals surface area contributed by atoms with Crippen LogP contribution in [0.5, 0.6) is 23.0 Å². The van der Waals surface area contributed by atoms with E-state index in [2.05, 4.69) is 5.32 Å². The first-order valence-electron chi connectivity index (χ1n) is 10.4. The smallest absolute Gasteiger partial charge is 0.286 e. The summed E-state index contributed by atoms with van der Waals surface area (Å²) in [4.78, 5) is 37.9. The highest BCUT2D eigenvalue weighted by atomic mass is 16.6. The van der Waals surface area contributed by atoms with E-state index in [0.717, 1.165) is 6.07 Å². The number of nitrogens with zero attached hydrogens (tertiary/aromatic N) is 2. The van der Waals surface area contributed by atoms with Gasteiger partial charge in [-0.1, -0.05) is 0 Å². The van der Waals surface area contributed by atoms with Gasteiger partial charge >= 0.3 is 0 Å². The molecule has 11 heteroatoms. The first-order chi connectivity index (χ1) is 15.9. The predicted octanol–water partition coefficient (Wildman–Crippen LogP) is 2.87. The highest BCUT2D eigenvalue weighted by Gasteiger charge is 2.28. The van der Waals surface area contributed by atoms with Crippen LogP contribution in [0.3, 0.4) is 0 Å². The molecule has 0 saturated heterocycles. The molecule has 0 fully saturated rings. The quantitative estimate of drug-likeness (QED) is 0.448. The van der Waals surface area contributed by atoms with E-state index in [9.17, 15) is 19.7 Å². The molecular formula is C22H25N3O8. The summed E-state index contributed by atoms with van der Waals surface area (Å²) in [7, 11) is 1.37. The van der Waals surface area contributed by atoms with Gasteiger partial charge in [-0.15, -0.1) is 0 Å². The van der Waals surface area contributed by atoms with Crippen molar-refractivity contribution in [1.82, 2.24) is 4.90 Å². The minimum absolute atomic E-state index is 0.153. The van der Waals surface area contributed by atoms with Crippen molar-refractivity contribution in [2.75, 3.05) is 45.3 Å². The fourth-order valence-electron chi connectivity index (χ4n) is 3.29. The summed E-state index contributed by atoms with van der Waals surface area (Å²) in [5.74, 6) is 0.288. The fourth-order valence-corrected chi connectivity index (χ4v) is 3.29. The van der Waals surface area contributed by atoms with Gasteiger partial charge in [0.15, 0.2) is 23.0 Å². The zero-order valence-corrected chi connectivity index (χ0v) is 18.6. The number of nitro groups is 1. The molecular weight excluding hydrogens is 434 g/mol. The highest BCUT2D eigenvalue weighted by Crippen LogP contribution is 2.35. The highest BCUT2D eigenvalue weighted by molar-refractivity contribution is 6.02. The van der Waals surface area contributed by atoms with Crippen LogP contribution in [0.25, 0.3) is 0 Å². The van der Waals surface area contributed by atoms with Crippen molar-refractivity contribution in [2.24, 2.45) is 0 Å². The van der Waals surface area contributed by atoms with Crippen LogP contribution in [-0.4, -0.2) is 61.7 Å². The van der Waals surface area contributed by atoms with E-state index in [-0.39, 0.29) is 36.8 Å². The molecule has 0 radical (unpaired) electrons. The minimum Gasteiger partial charge on any atom is -0.493 e. The van der Waals surface area contributed by atoms with Gasteiger partial charge in [0.1, 0.15) is 25.3 Å². The second-order valence-corrected chi connectivity index (χ2v) is 6.94. The van der Waals surface area contributed by atoms with Crippen molar-refractivity contribution in [3.8, 4) is 23.0 Å². The lowest BCUT2D eigenvalue weighted by Crippen LogP contribution is -2.38. The molecule has 0 saturated carbocycles. The average Bonchev–Trinajstić information content (AvgIpc) is 2.81. The first-order valence-corrected chi connectivity index (χ1v) is 10.4. The summed E-state index contributed by atoms with van der Waals surface area (Å²) in [6.45, 7) is 4.37. The lowest BCUT2D eigenvalue weighted by Gasteiger charge is -2.22. The predicted molar refractivity (Wildman–Crippen MR) is 118 cm³/mol. The topological polar surface area (TPSA) is 129 Å². The summed E-state index contributed by atoms with van der Waals surface area (Å²) in [6, 6.07) is 7.38. The third kappa shape index (κ3) is 5.43. The average molecular weight is 459 g/mol. The zero-order valence-electron chi connectivity index (χ0n) is 18.6. The maximum absolute atomic E-state index is 13.1. The van der Waals surface area contributed by atoms with E-state index in [1.54, 1.807) is 32.0 Å². The Morgan fingerprint density at radius 1 is 1.12 bits per heavy atom. The van der Waals surface area contributed by atoms with Gasteiger partial charge in [0.25, 0.3) is 11.6 Å². The van der Waals surface area contributed by atoms with Crippen LogP contribution < -0.4 is 24.3 Å². The van der Waals surface area contributed by atoms with E-state index in [0.29, 0.717) is 30.4 Å². The monoisotopic (exact) mass is 459 g/mol. The zero-order chi connectivity index (χ0) is 24.0. The van der Waals surface area contributed by atoms with Crippen LogP contribution in [-0.2, 0) is 4.79 Å². The molecule has 3 rings (SSSR count). The number of nitro benzene ring substituents is 1. The van der Waals surface area contributed by atoms with Crippen LogP contribution >= 0.6 is 0 Å². The molecule has 33 heavy (non-hydrogen) atoms. The molecule has 1 aliphatic heterocycles. The number of anilines is 1. The fraction of sp³-hybridized carbons (Fsp3) is 0.364. The van der Waals surface area contributed by atoms with Crippen LogP contribution in [0.15, 0.2) is 30.3 Å². The van der Waals surface area contributed by atoms with E-state index in [1.807, 2.05) is 0 Å². The standard InChI is InChI=1S/C22H25N3O8/c1-4-24(13-21(26)23-14-6-7-17-19(10-14)33-9-8-32-17)22(27)15-11-18(30-3)20(31-5-2)12-16(15)25(28)29/h6-7,10-12H,4-5,8-9,13H2,1-3H3,(H,23,26). The van der Waals surface area contributed by atoms with Gasteiger partial charge in [0, 0.05) is 24.4 Å². The molecule has 1 heterocycles. The molecule has 1 N–H and O–H groups in total. The molecule has 2 aromatic carbocycles. The van der Waals surface area contributed by atoms with E-state index in [1.165, 1.54) is 18.1 Å². The Morgan fingerprint density at radius 3 is 2.48 bits per heavy atom. The number of amides is 2. The molecule has 2 amide bonds. The van der Waals surface area contributed by atoms with Gasteiger partial charge in [0.05, 0.1) is 24.7 Å². The maximum Gasteiger partial charge on any atom is 0.286 e. The van der Waals surface area contributed by atoms with Crippen molar-refractivity contribution in [3.63, 3.8) is 0 Å². The first kappa shape index (κ1) is 23.6. The Balaban J connectivity index is 1.79. The van der Waals surface area contributed by atoms with Crippen LogP contribution in [0.1, 0.15) is 24.2 Å². The number of likely N-dealkylation sites (N-methyl/N-ethyl adjacent to an activating group) is 1. The van der Waals surface area contributed by atoms with Crippen molar-refractivity contribution < 1.29 is 33.5 Å². The van der Waals surface area contributed by atoms with Crippen molar-refractivity contribution in [1.29, 1.82) is 0 Å². The molecule has 0 atom stereocenters. The molecule has 0 unspecified atom stereocenters. The summed E-state index contributed by atoms with van der Waals surface area (Å²) in [5, 5.41) is 14.3. The van der Waals surface area contributed by atoms with Crippen molar-refractivity contribution >= 4 is 23.2 Å². The van der Waals surface area contributed by atoms with Gasteiger partial charge in [-0.2, -0.15) is 0 Å². The molecule has 0 spiro atoms. The van der Waals surface area contributed by atoms with Gasteiger partial charge < -0.3 is 29.2 Å². The number of methoxy groups -OCH3 is 1. The Morgan fingerprint density at radius 2 is 1.85 bits per heavy atom. The van der Waals surface area contributed by atoms with Crippen LogP contribution in [0.4, 0.5) is 11.4 Å². The molecule has 1 aliphatic rings. The van der Waals surface area contributed by atoms with Crippen molar-refractivity contribution in [3.05, 3.63) is 46.0 Å². The molecule has 0 aromatic heterocycles. The second-order valence-electron chi connectivity index (χ2n) is 6.94. The summed E-state index contributed by atoms with van der Waals surface area (Å²) < 4.78 is 21.6. The number of nitrogens with one attached hydrogen (secondary N) is 1. The van der Waals surface area contributed by atoms with E-state index >= 15 is 0 Å².